The number of allylic oxidation sites excluding steroid dienone is 4. The van der Waals surface area contributed by atoms with Crippen molar-refractivity contribution in [3.05, 3.63) is 82.6 Å². The van der Waals surface area contributed by atoms with Crippen LogP contribution >= 0.6 is 11.6 Å². The molecule has 5 nitrogen and oxygen atoms in total. The molecule has 1 amide bonds. The van der Waals surface area contributed by atoms with Crippen molar-refractivity contribution in [1.82, 2.24) is 20.2 Å². The standard InChI is InChI=1S/C25H29ClN4O/c1-27-12-4-3-5-17-6-7-18-10-11-20(26)14-21(18)22(13-17)24(23-15-28-16-30(23)2)29-25(31)19-8-9-19/h4-5,10-16,19,24,27H,3,6-9H2,1-2H3,(H,29,31)/b12-4-,17-5+/t24-/m1/s1. The summed E-state index contributed by atoms with van der Waals surface area (Å²) < 4.78 is 1.98. The molecular formula is C25H29ClN4O. The normalized spacial score (nSPS) is 18.4. The summed E-state index contributed by atoms with van der Waals surface area (Å²) in [6.07, 6.45) is 16.8. The molecule has 0 unspecified atom stereocenters. The van der Waals surface area contributed by atoms with Gasteiger partial charge in [-0.3, -0.25) is 4.79 Å². The molecule has 2 aromatic rings. The number of nitrogens with one attached hydrogen (secondary N) is 2. The summed E-state index contributed by atoms with van der Waals surface area (Å²) in [5, 5.41) is 7.05. The molecule has 1 atom stereocenters. The molecule has 0 aliphatic heterocycles. The van der Waals surface area contributed by atoms with Gasteiger partial charge in [-0.05, 0) is 67.1 Å². The fourth-order valence-corrected chi connectivity index (χ4v) is 4.20. The minimum absolute atomic E-state index is 0.113. The summed E-state index contributed by atoms with van der Waals surface area (Å²) >= 11 is 6.41. The molecule has 162 valence electrons. The van der Waals surface area contributed by atoms with Crippen LogP contribution in [0.2, 0.25) is 5.02 Å². The minimum atomic E-state index is -0.285. The van der Waals surface area contributed by atoms with Crippen LogP contribution in [0.5, 0.6) is 0 Å². The second-order valence-corrected chi connectivity index (χ2v) is 8.69. The van der Waals surface area contributed by atoms with Gasteiger partial charge in [0.15, 0.2) is 0 Å². The highest BCUT2D eigenvalue weighted by molar-refractivity contribution is 6.30. The second-order valence-electron chi connectivity index (χ2n) is 8.25. The lowest BCUT2D eigenvalue weighted by Crippen LogP contribution is -2.31. The lowest BCUT2D eigenvalue weighted by molar-refractivity contribution is -0.122. The Morgan fingerprint density at radius 1 is 1.35 bits per heavy atom. The molecule has 31 heavy (non-hydrogen) atoms. The molecule has 2 aliphatic rings. The van der Waals surface area contributed by atoms with E-state index >= 15 is 0 Å². The Morgan fingerprint density at radius 3 is 2.90 bits per heavy atom. The lowest BCUT2D eigenvalue weighted by atomic mass is 9.92. The average Bonchev–Trinajstić information content (AvgIpc) is 3.55. The van der Waals surface area contributed by atoms with Gasteiger partial charge in [0, 0.05) is 25.0 Å². The molecular weight excluding hydrogens is 408 g/mol. The van der Waals surface area contributed by atoms with Crippen LogP contribution in [0.4, 0.5) is 0 Å². The highest BCUT2D eigenvalue weighted by Gasteiger charge is 2.34. The molecule has 0 spiro atoms. The zero-order valence-electron chi connectivity index (χ0n) is 18.1. The van der Waals surface area contributed by atoms with Crippen molar-refractivity contribution in [2.24, 2.45) is 13.0 Å². The maximum Gasteiger partial charge on any atom is 0.223 e. The van der Waals surface area contributed by atoms with Crippen LogP contribution < -0.4 is 10.6 Å². The number of halogens is 1. The van der Waals surface area contributed by atoms with Gasteiger partial charge in [-0.25, -0.2) is 4.98 Å². The zero-order valence-corrected chi connectivity index (χ0v) is 18.8. The second kappa shape index (κ2) is 9.56. The van der Waals surface area contributed by atoms with E-state index in [9.17, 15) is 4.79 Å². The van der Waals surface area contributed by atoms with Gasteiger partial charge in [-0.15, -0.1) is 0 Å². The zero-order chi connectivity index (χ0) is 21.8. The van der Waals surface area contributed by atoms with Crippen LogP contribution in [0.3, 0.4) is 0 Å². The van der Waals surface area contributed by atoms with E-state index in [1.807, 2.05) is 43.2 Å². The maximum atomic E-state index is 12.8. The number of aromatic nitrogens is 2. The number of imidazole rings is 1. The van der Waals surface area contributed by atoms with Crippen LogP contribution in [-0.4, -0.2) is 22.5 Å². The third-order valence-electron chi connectivity index (χ3n) is 5.90. The van der Waals surface area contributed by atoms with Gasteiger partial charge in [-0.2, -0.15) is 0 Å². The van der Waals surface area contributed by atoms with Crippen molar-refractivity contribution in [2.75, 3.05) is 7.05 Å². The van der Waals surface area contributed by atoms with Crippen molar-refractivity contribution in [2.45, 2.75) is 38.1 Å². The largest absolute Gasteiger partial charge is 0.394 e. The highest BCUT2D eigenvalue weighted by atomic mass is 35.5. The van der Waals surface area contributed by atoms with Crippen molar-refractivity contribution in [3.8, 4) is 0 Å². The number of amides is 1. The van der Waals surface area contributed by atoms with Crippen molar-refractivity contribution in [3.63, 3.8) is 0 Å². The summed E-state index contributed by atoms with van der Waals surface area (Å²) in [5.74, 6) is 0.241. The van der Waals surface area contributed by atoms with E-state index in [1.165, 1.54) is 11.1 Å². The van der Waals surface area contributed by atoms with Gasteiger partial charge in [0.05, 0.1) is 24.3 Å². The predicted molar refractivity (Wildman–Crippen MR) is 125 cm³/mol. The first-order valence-corrected chi connectivity index (χ1v) is 11.2. The fraction of sp³-hybridized carbons (Fsp3) is 0.360. The minimum Gasteiger partial charge on any atom is -0.394 e. The SMILES string of the molecule is CN/C=C\C/C=C1/C=C([C@@H](NC(=O)C2CC2)c2cncn2C)c2cc(Cl)ccc2CC1. The van der Waals surface area contributed by atoms with Gasteiger partial charge in [0.1, 0.15) is 0 Å². The number of hydrogen-bond donors (Lipinski definition) is 2. The number of hydrogen-bond acceptors (Lipinski definition) is 3. The number of aryl methyl sites for hydroxylation is 2. The summed E-state index contributed by atoms with van der Waals surface area (Å²) in [5.41, 5.74) is 5.64. The number of nitrogens with zero attached hydrogens (tertiary/aromatic N) is 2. The van der Waals surface area contributed by atoms with E-state index in [2.05, 4.69) is 39.9 Å². The van der Waals surface area contributed by atoms with Crippen molar-refractivity contribution >= 4 is 23.1 Å². The van der Waals surface area contributed by atoms with Gasteiger partial charge >= 0.3 is 0 Å². The first-order chi connectivity index (χ1) is 15.1. The summed E-state index contributed by atoms with van der Waals surface area (Å²) in [7, 11) is 3.86. The Morgan fingerprint density at radius 2 is 2.19 bits per heavy atom. The molecule has 1 heterocycles. The molecule has 1 aromatic heterocycles. The predicted octanol–water partition coefficient (Wildman–Crippen LogP) is 4.72. The molecule has 1 fully saturated rings. The van der Waals surface area contributed by atoms with E-state index in [0.29, 0.717) is 5.02 Å². The highest BCUT2D eigenvalue weighted by Crippen LogP contribution is 2.39. The van der Waals surface area contributed by atoms with Gasteiger partial charge in [-0.1, -0.05) is 41.5 Å². The smallest absolute Gasteiger partial charge is 0.223 e. The summed E-state index contributed by atoms with van der Waals surface area (Å²) in [6.45, 7) is 0. The number of carbonyl (C=O) groups is 1. The summed E-state index contributed by atoms with van der Waals surface area (Å²) in [4.78, 5) is 17.1. The molecule has 0 saturated heterocycles. The Hall–Kier alpha value is -2.79. The number of carbonyl (C=O) groups excluding carboxylic acids is 1. The molecule has 0 bridgehead atoms. The van der Waals surface area contributed by atoms with Gasteiger partial charge < -0.3 is 15.2 Å². The Kier molecular flexibility index (Phi) is 6.62. The number of fused-ring (bicyclic) bond motifs is 1. The molecule has 6 heteroatoms. The van der Waals surface area contributed by atoms with Crippen molar-refractivity contribution in [1.29, 1.82) is 0 Å². The summed E-state index contributed by atoms with van der Waals surface area (Å²) in [6, 6.07) is 5.80. The van der Waals surface area contributed by atoms with Crippen LogP contribution in [-0.2, 0) is 18.3 Å². The van der Waals surface area contributed by atoms with E-state index in [4.69, 9.17) is 11.6 Å². The van der Waals surface area contributed by atoms with E-state index in [0.717, 1.165) is 48.9 Å². The van der Waals surface area contributed by atoms with E-state index in [-0.39, 0.29) is 17.9 Å². The first-order valence-electron chi connectivity index (χ1n) is 10.8. The number of benzene rings is 1. The number of rotatable bonds is 7. The quantitative estimate of drug-likeness (QED) is 0.660. The van der Waals surface area contributed by atoms with Gasteiger partial charge in [0.2, 0.25) is 5.91 Å². The third kappa shape index (κ3) is 5.10. The molecule has 1 aromatic carbocycles. The molecule has 0 radical (unpaired) electrons. The Bertz CT molecular complexity index is 1050. The molecule has 4 rings (SSSR count). The van der Waals surface area contributed by atoms with Crippen LogP contribution in [0.25, 0.3) is 5.57 Å². The van der Waals surface area contributed by atoms with E-state index < -0.39 is 0 Å². The maximum absolute atomic E-state index is 12.8. The third-order valence-corrected chi connectivity index (χ3v) is 6.14. The first kappa shape index (κ1) is 21.4. The average molecular weight is 437 g/mol. The molecule has 2 N–H and O–H groups in total. The topological polar surface area (TPSA) is 58.9 Å². The lowest BCUT2D eigenvalue weighted by Gasteiger charge is -2.24. The Balaban J connectivity index is 1.80. The van der Waals surface area contributed by atoms with Crippen LogP contribution in [0.15, 0.2) is 60.7 Å². The monoisotopic (exact) mass is 436 g/mol. The van der Waals surface area contributed by atoms with Crippen LogP contribution in [0, 0.1) is 5.92 Å². The van der Waals surface area contributed by atoms with E-state index in [1.54, 1.807) is 6.33 Å². The fourth-order valence-electron chi connectivity index (χ4n) is 4.03. The molecule has 2 aliphatic carbocycles. The van der Waals surface area contributed by atoms with Gasteiger partial charge in [0.25, 0.3) is 0 Å². The Labute approximate surface area is 188 Å². The van der Waals surface area contributed by atoms with Crippen molar-refractivity contribution < 1.29 is 4.79 Å². The van der Waals surface area contributed by atoms with Crippen LogP contribution in [0.1, 0.15) is 48.5 Å². The molecule has 1 saturated carbocycles.